The maximum atomic E-state index is 13.6. The molecule has 5 nitrogen and oxygen atoms in total. The lowest BCUT2D eigenvalue weighted by Crippen LogP contribution is -2.31. The highest BCUT2D eigenvalue weighted by molar-refractivity contribution is 7.12. The normalized spacial score (nSPS) is 20.4. The molecule has 0 aliphatic carbocycles. The average molecular weight is 307 g/mol. The molecule has 108 valence electrons. The number of rotatable bonds is 3. The first-order valence-corrected chi connectivity index (χ1v) is 7.21. The van der Waals surface area contributed by atoms with Crippen LogP contribution in [0.2, 0.25) is 0 Å². The van der Waals surface area contributed by atoms with Crippen LogP contribution in [0, 0.1) is 11.3 Å². The molecule has 21 heavy (non-hydrogen) atoms. The molecule has 0 amide bonds. The SMILES string of the molecule is N#CCC1CC(F)(F)CN1c1ccnc(-c2nccs2)n1. The Morgan fingerprint density at radius 2 is 2.29 bits per heavy atom. The zero-order valence-corrected chi connectivity index (χ0v) is 11.7. The summed E-state index contributed by atoms with van der Waals surface area (Å²) in [5.41, 5.74) is 0. The molecule has 2 aromatic heterocycles. The van der Waals surface area contributed by atoms with Gasteiger partial charge in [-0.3, -0.25) is 0 Å². The lowest BCUT2D eigenvalue weighted by Gasteiger charge is -2.23. The van der Waals surface area contributed by atoms with E-state index in [2.05, 4.69) is 15.0 Å². The van der Waals surface area contributed by atoms with Gasteiger partial charge in [-0.05, 0) is 6.07 Å². The Hall–Kier alpha value is -2.14. The Bertz CT molecular complexity index is 667. The highest BCUT2D eigenvalue weighted by Gasteiger charge is 2.45. The molecular weight excluding hydrogens is 296 g/mol. The minimum atomic E-state index is -2.80. The minimum absolute atomic E-state index is 0.0478. The number of anilines is 1. The van der Waals surface area contributed by atoms with E-state index in [1.807, 2.05) is 6.07 Å². The number of hydrogen-bond acceptors (Lipinski definition) is 6. The van der Waals surface area contributed by atoms with Crippen LogP contribution in [-0.2, 0) is 0 Å². The van der Waals surface area contributed by atoms with E-state index in [4.69, 9.17) is 5.26 Å². The molecule has 0 aromatic carbocycles. The van der Waals surface area contributed by atoms with Gasteiger partial charge in [0.2, 0.25) is 0 Å². The van der Waals surface area contributed by atoms with Crippen LogP contribution in [0.5, 0.6) is 0 Å². The monoisotopic (exact) mass is 307 g/mol. The van der Waals surface area contributed by atoms with Crippen molar-refractivity contribution < 1.29 is 8.78 Å². The van der Waals surface area contributed by atoms with Crippen LogP contribution in [0.3, 0.4) is 0 Å². The second kappa shape index (κ2) is 5.33. The van der Waals surface area contributed by atoms with Crippen molar-refractivity contribution in [2.24, 2.45) is 0 Å². The molecule has 0 spiro atoms. The number of hydrogen-bond donors (Lipinski definition) is 0. The first kappa shape index (κ1) is 13.8. The third kappa shape index (κ3) is 2.83. The molecule has 1 fully saturated rings. The largest absolute Gasteiger partial charge is 0.346 e. The van der Waals surface area contributed by atoms with Crippen LogP contribution in [-0.4, -0.2) is 33.5 Å². The number of nitriles is 1. The van der Waals surface area contributed by atoms with E-state index < -0.39 is 18.5 Å². The Morgan fingerprint density at radius 3 is 3.00 bits per heavy atom. The second-order valence-electron chi connectivity index (χ2n) is 4.78. The maximum absolute atomic E-state index is 13.6. The Labute approximate surface area is 123 Å². The topological polar surface area (TPSA) is 65.7 Å². The predicted molar refractivity (Wildman–Crippen MR) is 74.1 cm³/mol. The lowest BCUT2D eigenvalue weighted by molar-refractivity contribution is 0.0225. The molecule has 8 heteroatoms. The van der Waals surface area contributed by atoms with Crippen LogP contribution >= 0.6 is 11.3 Å². The van der Waals surface area contributed by atoms with E-state index in [1.165, 1.54) is 22.4 Å². The molecule has 0 radical (unpaired) electrons. The molecule has 3 rings (SSSR count). The molecule has 0 saturated carbocycles. The highest BCUT2D eigenvalue weighted by Crippen LogP contribution is 2.36. The van der Waals surface area contributed by atoms with Gasteiger partial charge in [-0.2, -0.15) is 5.26 Å². The molecule has 3 heterocycles. The van der Waals surface area contributed by atoms with Crippen LogP contribution in [0.25, 0.3) is 10.8 Å². The number of nitrogens with zero attached hydrogens (tertiary/aromatic N) is 5. The Kier molecular flexibility index (Phi) is 3.51. The summed E-state index contributed by atoms with van der Waals surface area (Å²) in [4.78, 5) is 14.0. The van der Waals surface area contributed by atoms with Crippen LogP contribution < -0.4 is 4.90 Å². The maximum Gasteiger partial charge on any atom is 0.267 e. The summed E-state index contributed by atoms with van der Waals surface area (Å²) in [5, 5.41) is 11.2. The molecule has 1 saturated heterocycles. The van der Waals surface area contributed by atoms with Gasteiger partial charge in [0.25, 0.3) is 5.92 Å². The molecule has 1 atom stereocenters. The molecule has 1 unspecified atom stereocenters. The molecule has 0 bridgehead atoms. The van der Waals surface area contributed by atoms with Gasteiger partial charge in [-0.1, -0.05) is 0 Å². The van der Waals surface area contributed by atoms with Crippen LogP contribution in [0.4, 0.5) is 14.6 Å². The summed E-state index contributed by atoms with van der Waals surface area (Å²) in [6.45, 7) is -0.423. The summed E-state index contributed by atoms with van der Waals surface area (Å²) in [6, 6.07) is 3.02. The fraction of sp³-hybridized carbons (Fsp3) is 0.385. The van der Waals surface area contributed by atoms with E-state index in [0.29, 0.717) is 16.6 Å². The third-order valence-corrected chi connectivity index (χ3v) is 4.03. The van der Waals surface area contributed by atoms with Gasteiger partial charge < -0.3 is 4.90 Å². The van der Waals surface area contributed by atoms with Gasteiger partial charge in [0.1, 0.15) is 5.82 Å². The van der Waals surface area contributed by atoms with Crippen molar-refractivity contribution in [1.29, 1.82) is 5.26 Å². The fourth-order valence-electron chi connectivity index (χ4n) is 2.40. The predicted octanol–water partition coefficient (Wildman–Crippen LogP) is 2.73. The van der Waals surface area contributed by atoms with Crippen molar-refractivity contribution in [3.05, 3.63) is 23.8 Å². The third-order valence-electron chi connectivity index (χ3n) is 3.26. The van der Waals surface area contributed by atoms with E-state index >= 15 is 0 Å². The summed E-state index contributed by atoms with van der Waals surface area (Å²) >= 11 is 1.38. The van der Waals surface area contributed by atoms with Crippen molar-refractivity contribution in [3.8, 4) is 16.9 Å². The Balaban J connectivity index is 1.92. The van der Waals surface area contributed by atoms with Gasteiger partial charge in [-0.25, -0.2) is 23.7 Å². The second-order valence-corrected chi connectivity index (χ2v) is 5.67. The van der Waals surface area contributed by atoms with Crippen LogP contribution in [0.1, 0.15) is 12.8 Å². The van der Waals surface area contributed by atoms with Crippen molar-refractivity contribution >= 4 is 17.2 Å². The fourth-order valence-corrected chi connectivity index (χ4v) is 2.98. The Morgan fingerprint density at radius 1 is 1.43 bits per heavy atom. The van der Waals surface area contributed by atoms with Gasteiger partial charge in [0.05, 0.1) is 19.0 Å². The van der Waals surface area contributed by atoms with E-state index in [-0.39, 0.29) is 12.8 Å². The standard InChI is InChI=1S/C13H11F2N5S/c14-13(15)7-9(1-3-16)20(8-13)10-2-4-17-11(19-10)12-18-5-6-21-12/h2,4-6,9H,1,7-8H2. The van der Waals surface area contributed by atoms with Crippen molar-refractivity contribution in [3.63, 3.8) is 0 Å². The van der Waals surface area contributed by atoms with Crippen molar-refractivity contribution in [2.45, 2.75) is 24.8 Å². The summed E-state index contributed by atoms with van der Waals surface area (Å²) in [6.07, 6.45) is 2.89. The van der Waals surface area contributed by atoms with Crippen molar-refractivity contribution in [2.75, 3.05) is 11.4 Å². The molecule has 1 aliphatic rings. The van der Waals surface area contributed by atoms with Crippen LogP contribution in [0.15, 0.2) is 23.8 Å². The molecule has 1 aliphatic heterocycles. The smallest absolute Gasteiger partial charge is 0.267 e. The zero-order valence-electron chi connectivity index (χ0n) is 10.9. The summed E-state index contributed by atoms with van der Waals surface area (Å²) in [5.74, 6) is -1.98. The average Bonchev–Trinajstić information content (AvgIpc) is 3.07. The number of aromatic nitrogens is 3. The van der Waals surface area contributed by atoms with Gasteiger partial charge >= 0.3 is 0 Å². The van der Waals surface area contributed by atoms with Gasteiger partial charge in [-0.15, -0.1) is 11.3 Å². The lowest BCUT2D eigenvalue weighted by atomic mass is 10.1. The first-order valence-electron chi connectivity index (χ1n) is 6.33. The number of halogens is 2. The van der Waals surface area contributed by atoms with Gasteiger partial charge in [0, 0.05) is 30.2 Å². The molecule has 0 N–H and O–H groups in total. The number of alkyl halides is 2. The first-order chi connectivity index (χ1) is 10.1. The van der Waals surface area contributed by atoms with Crippen molar-refractivity contribution in [1.82, 2.24) is 15.0 Å². The minimum Gasteiger partial charge on any atom is -0.346 e. The quantitative estimate of drug-likeness (QED) is 0.872. The highest BCUT2D eigenvalue weighted by atomic mass is 32.1. The number of thiazole rings is 1. The van der Waals surface area contributed by atoms with E-state index in [0.717, 1.165) is 0 Å². The summed E-state index contributed by atoms with van der Waals surface area (Å²) < 4.78 is 27.2. The van der Waals surface area contributed by atoms with E-state index in [1.54, 1.807) is 17.6 Å². The molecule has 2 aromatic rings. The summed E-state index contributed by atoms with van der Waals surface area (Å²) in [7, 11) is 0. The molecular formula is C13H11F2N5S. The van der Waals surface area contributed by atoms with Gasteiger partial charge in [0.15, 0.2) is 10.8 Å². The van der Waals surface area contributed by atoms with E-state index in [9.17, 15) is 8.78 Å². The zero-order chi connectivity index (χ0) is 14.9.